The number of aryl methyl sites for hydroxylation is 1. The summed E-state index contributed by atoms with van der Waals surface area (Å²) in [6, 6.07) is 12.4. The molecule has 0 aliphatic rings. The molecule has 0 unspecified atom stereocenters. The van der Waals surface area contributed by atoms with Gasteiger partial charge in [0, 0.05) is 12.8 Å². The molecule has 0 saturated heterocycles. The number of hydrogen-bond donors (Lipinski definition) is 1. The minimum atomic E-state index is -0.230. The Hall–Kier alpha value is -2.57. The molecule has 0 aliphatic carbocycles. The molecule has 0 radical (unpaired) electrons. The molecule has 2 aromatic carbocycles. The van der Waals surface area contributed by atoms with Gasteiger partial charge in [-0.1, -0.05) is 41.4 Å². The molecule has 3 rings (SSSR count). The molecule has 0 atom stereocenters. The van der Waals surface area contributed by atoms with Crippen molar-refractivity contribution in [3.8, 4) is 17.2 Å². The highest BCUT2D eigenvalue weighted by Gasteiger charge is 2.14. The number of rotatable bonds is 6. The molecule has 26 heavy (non-hydrogen) atoms. The van der Waals surface area contributed by atoms with Crippen LogP contribution < -0.4 is 10.1 Å². The van der Waals surface area contributed by atoms with Crippen molar-refractivity contribution < 1.29 is 13.9 Å². The third kappa shape index (κ3) is 4.15. The van der Waals surface area contributed by atoms with E-state index in [1.807, 2.05) is 18.2 Å². The smallest absolute Gasteiger partial charge is 0.251 e. The predicted octanol–water partition coefficient (Wildman–Crippen LogP) is 4.62. The van der Waals surface area contributed by atoms with Crippen molar-refractivity contribution in [1.29, 1.82) is 0 Å². The summed E-state index contributed by atoms with van der Waals surface area (Å²) in [6.45, 7) is 0. The molecule has 0 bridgehead atoms. The average molecular weight is 392 g/mol. The summed E-state index contributed by atoms with van der Waals surface area (Å²) in [6.07, 6.45) is 0.461. The highest BCUT2D eigenvalue weighted by atomic mass is 35.5. The SMILES string of the molecule is COc1ccccc1-c1nnc(CCC(=O)Nc2cccc(Cl)c2Cl)o1. The van der Waals surface area contributed by atoms with Crippen molar-refractivity contribution >= 4 is 34.8 Å². The first kappa shape index (κ1) is 18.2. The topological polar surface area (TPSA) is 77.2 Å². The fourth-order valence-corrected chi connectivity index (χ4v) is 2.67. The van der Waals surface area contributed by atoms with E-state index in [0.717, 1.165) is 0 Å². The summed E-state index contributed by atoms with van der Waals surface area (Å²) >= 11 is 12.0. The van der Waals surface area contributed by atoms with Gasteiger partial charge in [-0.05, 0) is 24.3 Å². The number of carbonyl (C=O) groups is 1. The molecular formula is C18H15Cl2N3O3. The Morgan fingerprint density at radius 1 is 1.15 bits per heavy atom. The molecule has 1 heterocycles. The maximum Gasteiger partial charge on any atom is 0.251 e. The Kier molecular flexibility index (Phi) is 5.75. The van der Waals surface area contributed by atoms with E-state index >= 15 is 0 Å². The fourth-order valence-electron chi connectivity index (χ4n) is 2.32. The summed E-state index contributed by atoms with van der Waals surface area (Å²) in [7, 11) is 1.57. The summed E-state index contributed by atoms with van der Waals surface area (Å²) in [5.74, 6) is 1.11. The number of carbonyl (C=O) groups excluding carboxylic acids is 1. The molecule has 1 N–H and O–H groups in total. The molecule has 0 saturated carbocycles. The highest BCUT2D eigenvalue weighted by molar-refractivity contribution is 6.43. The molecular weight excluding hydrogens is 377 g/mol. The van der Waals surface area contributed by atoms with Crippen molar-refractivity contribution in [2.24, 2.45) is 0 Å². The Balaban J connectivity index is 1.63. The second kappa shape index (κ2) is 8.21. The fraction of sp³-hybridized carbons (Fsp3) is 0.167. The number of methoxy groups -OCH3 is 1. The number of benzene rings is 2. The first-order valence-electron chi connectivity index (χ1n) is 7.78. The van der Waals surface area contributed by atoms with Crippen molar-refractivity contribution in [3.05, 3.63) is 58.4 Å². The van der Waals surface area contributed by atoms with E-state index in [-0.39, 0.29) is 12.3 Å². The minimum Gasteiger partial charge on any atom is -0.496 e. The third-order valence-electron chi connectivity index (χ3n) is 3.60. The number of amides is 1. The lowest BCUT2D eigenvalue weighted by Crippen LogP contribution is -2.12. The molecule has 8 heteroatoms. The van der Waals surface area contributed by atoms with Gasteiger partial charge >= 0.3 is 0 Å². The van der Waals surface area contributed by atoms with Crippen LogP contribution in [-0.4, -0.2) is 23.2 Å². The van der Waals surface area contributed by atoms with Crippen LogP contribution in [0.1, 0.15) is 12.3 Å². The number of hydrogen-bond acceptors (Lipinski definition) is 5. The standard InChI is InChI=1S/C18H15Cl2N3O3/c1-25-14-8-3-2-5-11(14)18-23-22-16(26-18)10-9-15(24)21-13-7-4-6-12(19)17(13)20/h2-8H,9-10H2,1H3,(H,21,24). The molecule has 3 aromatic rings. The van der Waals surface area contributed by atoms with Gasteiger partial charge in [-0.15, -0.1) is 10.2 Å². The lowest BCUT2D eigenvalue weighted by Gasteiger charge is -2.07. The van der Waals surface area contributed by atoms with Crippen molar-refractivity contribution in [2.45, 2.75) is 12.8 Å². The van der Waals surface area contributed by atoms with Gasteiger partial charge < -0.3 is 14.5 Å². The lowest BCUT2D eigenvalue weighted by atomic mass is 10.2. The number of nitrogens with one attached hydrogen (secondary N) is 1. The van der Waals surface area contributed by atoms with Crippen LogP contribution in [0.15, 0.2) is 46.9 Å². The second-order valence-corrected chi connectivity index (χ2v) is 6.14. The third-order valence-corrected chi connectivity index (χ3v) is 4.41. The Morgan fingerprint density at radius 2 is 1.96 bits per heavy atom. The molecule has 1 aromatic heterocycles. The van der Waals surface area contributed by atoms with E-state index in [2.05, 4.69) is 15.5 Å². The first-order chi connectivity index (χ1) is 12.6. The van der Waals surface area contributed by atoms with E-state index < -0.39 is 0 Å². The largest absolute Gasteiger partial charge is 0.496 e. The Morgan fingerprint density at radius 3 is 2.77 bits per heavy atom. The van der Waals surface area contributed by atoms with Crippen LogP contribution in [0, 0.1) is 0 Å². The Bertz CT molecular complexity index is 928. The van der Waals surface area contributed by atoms with Gasteiger partial charge in [0.25, 0.3) is 5.89 Å². The Labute approximate surface area is 160 Å². The zero-order chi connectivity index (χ0) is 18.5. The number of halogens is 2. The summed E-state index contributed by atoms with van der Waals surface area (Å²) < 4.78 is 10.9. The molecule has 1 amide bonds. The molecule has 0 spiro atoms. The number of nitrogens with zero attached hydrogens (tertiary/aromatic N) is 2. The van der Waals surface area contributed by atoms with Gasteiger partial charge in [0.2, 0.25) is 11.8 Å². The average Bonchev–Trinajstić information content (AvgIpc) is 3.12. The molecule has 6 nitrogen and oxygen atoms in total. The first-order valence-corrected chi connectivity index (χ1v) is 8.53. The summed E-state index contributed by atoms with van der Waals surface area (Å²) in [5, 5.41) is 11.4. The van der Waals surface area contributed by atoms with Crippen LogP contribution >= 0.6 is 23.2 Å². The number of anilines is 1. The normalized spacial score (nSPS) is 10.6. The summed E-state index contributed by atoms with van der Waals surface area (Å²) in [4.78, 5) is 12.1. The zero-order valence-electron chi connectivity index (χ0n) is 13.8. The predicted molar refractivity (Wildman–Crippen MR) is 99.7 cm³/mol. The van der Waals surface area contributed by atoms with Crippen LogP contribution in [0.25, 0.3) is 11.5 Å². The van der Waals surface area contributed by atoms with Gasteiger partial charge in [0.15, 0.2) is 0 Å². The number of aromatic nitrogens is 2. The monoisotopic (exact) mass is 391 g/mol. The van der Waals surface area contributed by atoms with E-state index in [9.17, 15) is 4.79 Å². The van der Waals surface area contributed by atoms with Crippen molar-refractivity contribution in [1.82, 2.24) is 10.2 Å². The van der Waals surface area contributed by atoms with E-state index in [1.165, 1.54) is 0 Å². The minimum absolute atomic E-state index is 0.163. The van der Waals surface area contributed by atoms with Crippen LogP contribution in [0.2, 0.25) is 10.0 Å². The van der Waals surface area contributed by atoms with E-state index in [0.29, 0.717) is 45.2 Å². The lowest BCUT2D eigenvalue weighted by molar-refractivity contribution is -0.116. The molecule has 0 aliphatic heterocycles. The van der Waals surface area contributed by atoms with Crippen LogP contribution in [0.3, 0.4) is 0 Å². The molecule has 0 fully saturated rings. The highest BCUT2D eigenvalue weighted by Crippen LogP contribution is 2.30. The van der Waals surface area contributed by atoms with E-state index in [4.69, 9.17) is 32.4 Å². The van der Waals surface area contributed by atoms with Crippen molar-refractivity contribution in [2.75, 3.05) is 12.4 Å². The number of ether oxygens (including phenoxy) is 1. The summed E-state index contributed by atoms with van der Waals surface area (Å²) in [5.41, 5.74) is 1.16. The van der Waals surface area contributed by atoms with Gasteiger partial charge in [-0.3, -0.25) is 4.79 Å². The zero-order valence-corrected chi connectivity index (χ0v) is 15.3. The molecule has 134 valence electrons. The van der Waals surface area contributed by atoms with Crippen LogP contribution in [0.5, 0.6) is 5.75 Å². The van der Waals surface area contributed by atoms with Crippen LogP contribution in [-0.2, 0) is 11.2 Å². The quantitative estimate of drug-likeness (QED) is 0.662. The maximum absolute atomic E-state index is 12.1. The second-order valence-electron chi connectivity index (χ2n) is 5.35. The number of para-hydroxylation sites is 1. The van der Waals surface area contributed by atoms with Gasteiger partial charge in [-0.25, -0.2) is 0 Å². The maximum atomic E-state index is 12.1. The van der Waals surface area contributed by atoms with Crippen molar-refractivity contribution in [3.63, 3.8) is 0 Å². The van der Waals surface area contributed by atoms with Gasteiger partial charge in [0.05, 0.1) is 28.4 Å². The van der Waals surface area contributed by atoms with E-state index in [1.54, 1.807) is 31.4 Å². The van der Waals surface area contributed by atoms with Gasteiger partial charge in [0.1, 0.15) is 5.75 Å². The van der Waals surface area contributed by atoms with Crippen LogP contribution in [0.4, 0.5) is 5.69 Å². The van der Waals surface area contributed by atoms with Gasteiger partial charge in [-0.2, -0.15) is 0 Å².